The Morgan fingerprint density at radius 3 is 1.28 bits per heavy atom. The molecule has 0 heterocycles. The van der Waals surface area contributed by atoms with E-state index in [1.165, 1.54) is 93.5 Å². The van der Waals surface area contributed by atoms with Crippen molar-refractivity contribution < 1.29 is 0 Å². The molecule has 67 heavy (non-hydrogen) atoms. The summed E-state index contributed by atoms with van der Waals surface area (Å²) in [6.07, 6.45) is 0. The van der Waals surface area contributed by atoms with E-state index in [2.05, 4.69) is 278 Å². The van der Waals surface area contributed by atoms with Gasteiger partial charge in [0.05, 0.1) is 5.69 Å². The highest BCUT2D eigenvalue weighted by Crippen LogP contribution is 2.46. The molecule has 0 saturated heterocycles. The Balaban J connectivity index is 0.976. The highest BCUT2D eigenvalue weighted by Gasteiger charge is 2.21. The monoisotopic (exact) mass is 851 g/mol. The fraction of sp³-hybridized carbons (Fsp3) is 0. The average molecular weight is 852 g/mol. The van der Waals surface area contributed by atoms with Crippen molar-refractivity contribution in [2.45, 2.75) is 0 Å². The molecule has 0 radical (unpaired) electrons. The minimum absolute atomic E-state index is 1.08. The number of hydrogen-bond acceptors (Lipinski definition) is 1. The van der Waals surface area contributed by atoms with Crippen molar-refractivity contribution >= 4 is 49.4 Å². The van der Waals surface area contributed by atoms with E-state index in [1.54, 1.807) is 0 Å². The van der Waals surface area contributed by atoms with E-state index >= 15 is 0 Å². The van der Waals surface area contributed by atoms with Crippen molar-refractivity contribution in [2.75, 3.05) is 4.90 Å². The Bertz CT molecular complexity index is 3710. The first kappa shape index (κ1) is 39.8. The van der Waals surface area contributed by atoms with Crippen molar-refractivity contribution in [2.24, 2.45) is 0 Å². The molecular formula is C66H45N. The van der Waals surface area contributed by atoms with Crippen molar-refractivity contribution in [3.05, 3.63) is 273 Å². The summed E-state index contributed by atoms with van der Waals surface area (Å²) in [6.45, 7) is 0. The first-order valence-electron chi connectivity index (χ1n) is 23.1. The molecule has 314 valence electrons. The van der Waals surface area contributed by atoms with Gasteiger partial charge in [-0.05, 0) is 130 Å². The first-order chi connectivity index (χ1) is 33.2. The molecule has 12 aromatic carbocycles. The largest absolute Gasteiger partial charge is 0.310 e. The number of rotatable bonds is 9. The van der Waals surface area contributed by atoms with Crippen LogP contribution in [0, 0.1) is 0 Å². The number of fused-ring (bicyclic) bond motifs is 4. The molecule has 0 saturated carbocycles. The number of anilines is 3. The van der Waals surface area contributed by atoms with E-state index in [1.807, 2.05) is 0 Å². The van der Waals surface area contributed by atoms with E-state index < -0.39 is 0 Å². The van der Waals surface area contributed by atoms with Crippen LogP contribution in [0.1, 0.15) is 0 Å². The molecule has 0 bridgehead atoms. The number of benzene rings is 12. The number of hydrogen-bond donors (Lipinski definition) is 0. The summed E-state index contributed by atoms with van der Waals surface area (Å²) in [5.74, 6) is 0. The van der Waals surface area contributed by atoms with Gasteiger partial charge >= 0.3 is 0 Å². The van der Waals surface area contributed by atoms with E-state index in [0.717, 1.165) is 22.6 Å². The van der Waals surface area contributed by atoms with Gasteiger partial charge in [-0.15, -0.1) is 0 Å². The van der Waals surface area contributed by atoms with Crippen LogP contribution < -0.4 is 4.90 Å². The molecule has 0 spiro atoms. The van der Waals surface area contributed by atoms with Crippen molar-refractivity contribution in [3.63, 3.8) is 0 Å². The second kappa shape index (κ2) is 17.3. The summed E-state index contributed by atoms with van der Waals surface area (Å²) in [6, 6.07) is 99.4. The van der Waals surface area contributed by atoms with Gasteiger partial charge < -0.3 is 4.90 Å². The third kappa shape index (κ3) is 7.43. The molecule has 0 aliphatic heterocycles. The first-order valence-corrected chi connectivity index (χ1v) is 23.1. The van der Waals surface area contributed by atoms with Gasteiger partial charge in [0.1, 0.15) is 0 Å². The van der Waals surface area contributed by atoms with E-state index in [0.29, 0.717) is 0 Å². The number of para-hydroxylation sites is 1. The van der Waals surface area contributed by atoms with Crippen LogP contribution in [0.25, 0.3) is 99.1 Å². The summed E-state index contributed by atoms with van der Waals surface area (Å²) in [5.41, 5.74) is 17.6. The standard InChI is InChI=1S/C66H45N/c1-2-17-48(18-3-1)57-23-8-9-25-59(57)61-27-11-12-28-62(61)64-30-14-15-32-66(64)67(54-43-39-51(40-44-54)65-45-52-20-5-7-24-58(52)60-26-10-13-29-63(60)65)53-41-37-47(38-42-53)46-33-35-50(36-34-46)56-31-16-21-49-19-4-6-22-55(49)56/h1-45H. The lowest BCUT2D eigenvalue weighted by molar-refractivity contribution is 1.28. The second-order valence-corrected chi connectivity index (χ2v) is 17.2. The van der Waals surface area contributed by atoms with Gasteiger partial charge in [0, 0.05) is 16.9 Å². The lowest BCUT2D eigenvalue weighted by Crippen LogP contribution is -2.11. The fourth-order valence-corrected chi connectivity index (χ4v) is 10.1. The molecule has 0 N–H and O–H groups in total. The van der Waals surface area contributed by atoms with Gasteiger partial charge in [0.25, 0.3) is 0 Å². The van der Waals surface area contributed by atoms with E-state index in [-0.39, 0.29) is 0 Å². The van der Waals surface area contributed by atoms with E-state index in [4.69, 9.17) is 0 Å². The molecule has 0 aliphatic rings. The maximum Gasteiger partial charge on any atom is 0.0540 e. The SMILES string of the molecule is c1ccc(-c2ccccc2-c2ccccc2-c2ccccc2N(c2ccc(-c3ccc(-c4cccc5ccccc45)cc3)cc2)c2ccc(-c3cc4ccccc4c4ccccc34)cc2)cc1. The van der Waals surface area contributed by atoms with Crippen LogP contribution in [0.15, 0.2) is 273 Å². The van der Waals surface area contributed by atoms with Crippen LogP contribution in [-0.2, 0) is 0 Å². The predicted octanol–water partition coefficient (Wildman–Crippen LogP) is 18.6. The molecule has 1 nitrogen and oxygen atoms in total. The lowest BCUT2D eigenvalue weighted by Gasteiger charge is -2.29. The minimum atomic E-state index is 1.08. The van der Waals surface area contributed by atoms with Crippen molar-refractivity contribution in [3.8, 4) is 66.8 Å². The molecule has 1 heteroatoms. The van der Waals surface area contributed by atoms with Gasteiger partial charge in [-0.2, -0.15) is 0 Å². The fourth-order valence-electron chi connectivity index (χ4n) is 10.1. The Kier molecular flexibility index (Phi) is 10.3. The minimum Gasteiger partial charge on any atom is -0.310 e. The zero-order chi connectivity index (χ0) is 44.5. The quantitative estimate of drug-likeness (QED) is 0.131. The summed E-state index contributed by atoms with van der Waals surface area (Å²) in [7, 11) is 0. The van der Waals surface area contributed by atoms with Crippen LogP contribution in [0.4, 0.5) is 17.1 Å². The molecule has 12 rings (SSSR count). The Morgan fingerprint density at radius 1 is 0.194 bits per heavy atom. The molecule has 0 aromatic heterocycles. The maximum absolute atomic E-state index is 2.42. The summed E-state index contributed by atoms with van der Waals surface area (Å²) >= 11 is 0. The molecule has 0 atom stereocenters. The highest BCUT2D eigenvalue weighted by atomic mass is 15.1. The summed E-state index contributed by atoms with van der Waals surface area (Å²) in [5, 5.41) is 7.56. The topological polar surface area (TPSA) is 3.24 Å². The smallest absolute Gasteiger partial charge is 0.0540 e. The predicted molar refractivity (Wildman–Crippen MR) is 286 cm³/mol. The third-order valence-electron chi connectivity index (χ3n) is 13.3. The van der Waals surface area contributed by atoms with Gasteiger partial charge in [-0.1, -0.05) is 237 Å². The van der Waals surface area contributed by atoms with Crippen LogP contribution in [-0.4, -0.2) is 0 Å². The molecule has 0 fully saturated rings. The zero-order valence-electron chi connectivity index (χ0n) is 36.9. The maximum atomic E-state index is 2.42. The second-order valence-electron chi connectivity index (χ2n) is 17.2. The van der Waals surface area contributed by atoms with Gasteiger partial charge in [0.15, 0.2) is 0 Å². The van der Waals surface area contributed by atoms with Crippen LogP contribution in [0.5, 0.6) is 0 Å². The summed E-state index contributed by atoms with van der Waals surface area (Å²) in [4.78, 5) is 2.42. The normalized spacial score (nSPS) is 11.3. The van der Waals surface area contributed by atoms with E-state index in [9.17, 15) is 0 Å². The van der Waals surface area contributed by atoms with Gasteiger partial charge in [-0.3, -0.25) is 0 Å². The number of nitrogens with zero attached hydrogens (tertiary/aromatic N) is 1. The Labute approximate surface area is 392 Å². The molecule has 0 amide bonds. The lowest BCUT2D eigenvalue weighted by atomic mass is 9.88. The van der Waals surface area contributed by atoms with Crippen LogP contribution >= 0.6 is 0 Å². The van der Waals surface area contributed by atoms with Crippen molar-refractivity contribution in [1.82, 2.24) is 0 Å². The molecular weight excluding hydrogens is 807 g/mol. The zero-order valence-corrected chi connectivity index (χ0v) is 36.9. The Hall–Kier alpha value is -8.78. The molecule has 0 aliphatic carbocycles. The van der Waals surface area contributed by atoms with Crippen LogP contribution in [0.3, 0.4) is 0 Å². The molecule has 0 unspecified atom stereocenters. The third-order valence-corrected chi connectivity index (χ3v) is 13.3. The van der Waals surface area contributed by atoms with Gasteiger partial charge in [0.2, 0.25) is 0 Å². The Morgan fingerprint density at radius 2 is 0.597 bits per heavy atom. The van der Waals surface area contributed by atoms with Crippen molar-refractivity contribution in [1.29, 1.82) is 0 Å². The summed E-state index contributed by atoms with van der Waals surface area (Å²) < 4.78 is 0. The van der Waals surface area contributed by atoms with Crippen LogP contribution in [0.2, 0.25) is 0 Å². The van der Waals surface area contributed by atoms with Gasteiger partial charge in [-0.25, -0.2) is 0 Å². The highest BCUT2D eigenvalue weighted by molar-refractivity contribution is 6.14. The average Bonchev–Trinajstić information content (AvgIpc) is 3.41. The molecule has 12 aromatic rings.